The highest BCUT2D eigenvalue weighted by Gasteiger charge is 2.16. The molecule has 2 aromatic heterocycles. The van der Waals surface area contributed by atoms with Crippen LogP contribution in [0.1, 0.15) is 39.8 Å². The number of hydrogen-bond donors (Lipinski definition) is 0. The van der Waals surface area contributed by atoms with Crippen LogP contribution in [-0.4, -0.2) is 9.20 Å². The molecule has 0 aliphatic rings. The van der Waals surface area contributed by atoms with Crippen LogP contribution in [-0.2, 0) is 0 Å². The highest BCUT2D eigenvalue weighted by atomic mass is 15.4. The van der Waals surface area contributed by atoms with E-state index in [2.05, 4.69) is 66.1 Å². The molecular formula is C11H18N3+. The van der Waals surface area contributed by atoms with E-state index in [4.69, 9.17) is 0 Å². The first-order chi connectivity index (χ1) is 6.61. The van der Waals surface area contributed by atoms with Crippen LogP contribution >= 0.6 is 0 Å². The van der Waals surface area contributed by atoms with Crippen LogP contribution in [0.2, 0.25) is 0 Å². The molecule has 0 amide bonds. The summed E-state index contributed by atoms with van der Waals surface area (Å²) < 4.78 is 6.71. The number of nitrogens with zero attached hydrogens (tertiary/aromatic N) is 3. The van der Waals surface area contributed by atoms with Gasteiger partial charge in [0, 0.05) is 0 Å². The van der Waals surface area contributed by atoms with Crippen LogP contribution in [0.3, 0.4) is 0 Å². The molecule has 0 unspecified atom stereocenters. The average Bonchev–Trinajstić information content (AvgIpc) is 2.59. The second-order valence-electron chi connectivity index (χ2n) is 4.29. The standard InChI is InChI=1S/C11H18N3/c1-9(2)12-7-8-14-11(12)5-6-13(14)10(3)4/h5-10H,1-4H3/q+1. The number of imidazole rings is 1. The molecule has 0 aliphatic carbocycles. The van der Waals surface area contributed by atoms with Gasteiger partial charge in [0.2, 0.25) is 0 Å². The van der Waals surface area contributed by atoms with Crippen molar-refractivity contribution in [2.45, 2.75) is 39.8 Å². The van der Waals surface area contributed by atoms with Crippen molar-refractivity contribution in [2.75, 3.05) is 0 Å². The maximum atomic E-state index is 2.28. The SMILES string of the molecule is CC(C)n1ccc2n1cc[n+]2C(C)C. The van der Waals surface area contributed by atoms with Gasteiger partial charge >= 0.3 is 5.65 Å². The lowest BCUT2D eigenvalue weighted by Gasteiger charge is -2.03. The molecule has 76 valence electrons. The molecular weight excluding hydrogens is 174 g/mol. The van der Waals surface area contributed by atoms with Gasteiger partial charge in [0.1, 0.15) is 6.20 Å². The zero-order valence-corrected chi connectivity index (χ0v) is 9.31. The van der Waals surface area contributed by atoms with E-state index in [1.165, 1.54) is 5.65 Å². The number of fused-ring (bicyclic) bond motifs is 1. The molecule has 3 nitrogen and oxygen atoms in total. The largest absolute Gasteiger partial charge is 0.307 e. The van der Waals surface area contributed by atoms with E-state index in [0.29, 0.717) is 12.1 Å². The molecule has 0 aromatic carbocycles. The molecule has 0 aliphatic heterocycles. The van der Waals surface area contributed by atoms with Gasteiger partial charge in [-0.1, -0.05) is 0 Å². The Morgan fingerprint density at radius 3 is 2.43 bits per heavy atom. The Bertz CT molecular complexity index is 392. The quantitative estimate of drug-likeness (QED) is 0.647. The lowest BCUT2D eigenvalue weighted by molar-refractivity contribution is -0.691. The van der Waals surface area contributed by atoms with Crippen molar-refractivity contribution < 1.29 is 4.57 Å². The fourth-order valence-electron chi connectivity index (χ4n) is 1.84. The number of aromatic nitrogens is 3. The minimum atomic E-state index is 0.500. The Morgan fingerprint density at radius 2 is 1.86 bits per heavy atom. The fraction of sp³-hybridized carbons (Fsp3) is 0.545. The predicted molar refractivity (Wildman–Crippen MR) is 56.4 cm³/mol. The third kappa shape index (κ3) is 1.24. The second kappa shape index (κ2) is 3.15. The highest BCUT2D eigenvalue weighted by Crippen LogP contribution is 2.09. The van der Waals surface area contributed by atoms with Gasteiger partial charge in [-0.3, -0.25) is 0 Å². The first-order valence-electron chi connectivity index (χ1n) is 5.20. The molecule has 0 bridgehead atoms. The van der Waals surface area contributed by atoms with Crippen molar-refractivity contribution in [3.8, 4) is 0 Å². The summed E-state index contributed by atoms with van der Waals surface area (Å²) in [6, 6.07) is 3.18. The van der Waals surface area contributed by atoms with Crippen LogP contribution in [0.5, 0.6) is 0 Å². The van der Waals surface area contributed by atoms with Crippen molar-refractivity contribution in [3.05, 3.63) is 24.7 Å². The molecule has 2 rings (SSSR count). The zero-order chi connectivity index (χ0) is 10.3. The van der Waals surface area contributed by atoms with Crippen LogP contribution < -0.4 is 4.57 Å². The fourth-order valence-corrected chi connectivity index (χ4v) is 1.84. The lowest BCUT2D eigenvalue weighted by Crippen LogP contribution is -2.34. The van der Waals surface area contributed by atoms with Gasteiger partial charge in [-0.05, 0) is 27.7 Å². The minimum Gasteiger partial charge on any atom is -0.226 e. The predicted octanol–water partition coefficient (Wildman–Crippen LogP) is 2.19. The van der Waals surface area contributed by atoms with Gasteiger partial charge < -0.3 is 0 Å². The number of hydrogen-bond acceptors (Lipinski definition) is 0. The molecule has 2 heterocycles. The smallest absolute Gasteiger partial charge is 0.226 e. The topological polar surface area (TPSA) is 13.2 Å². The molecule has 0 atom stereocenters. The van der Waals surface area contributed by atoms with Gasteiger partial charge in [0.15, 0.2) is 6.20 Å². The summed E-state index contributed by atoms with van der Waals surface area (Å²) in [4.78, 5) is 0. The molecule has 0 saturated heterocycles. The van der Waals surface area contributed by atoms with Crippen molar-refractivity contribution in [2.24, 2.45) is 0 Å². The van der Waals surface area contributed by atoms with Crippen LogP contribution in [0.25, 0.3) is 5.65 Å². The van der Waals surface area contributed by atoms with E-state index in [0.717, 1.165) is 0 Å². The molecule has 14 heavy (non-hydrogen) atoms. The summed E-state index contributed by atoms with van der Waals surface area (Å²) in [5.41, 5.74) is 1.26. The minimum absolute atomic E-state index is 0.500. The van der Waals surface area contributed by atoms with Gasteiger partial charge in [-0.15, -0.1) is 4.52 Å². The summed E-state index contributed by atoms with van der Waals surface area (Å²) in [7, 11) is 0. The molecule has 2 aromatic rings. The summed E-state index contributed by atoms with van der Waals surface area (Å²) >= 11 is 0. The summed E-state index contributed by atoms with van der Waals surface area (Å²) in [5, 5.41) is 0. The number of rotatable bonds is 2. The molecule has 0 spiro atoms. The van der Waals surface area contributed by atoms with E-state index in [9.17, 15) is 0 Å². The highest BCUT2D eigenvalue weighted by molar-refractivity contribution is 5.29. The Labute approximate surface area is 84.6 Å². The van der Waals surface area contributed by atoms with E-state index in [1.807, 2.05) is 0 Å². The van der Waals surface area contributed by atoms with Crippen molar-refractivity contribution >= 4 is 5.65 Å². The first-order valence-corrected chi connectivity index (χ1v) is 5.20. The summed E-state index contributed by atoms with van der Waals surface area (Å²) in [5.74, 6) is 0. The van der Waals surface area contributed by atoms with Crippen LogP contribution in [0, 0.1) is 0 Å². The zero-order valence-electron chi connectivity index (χ0n) is 9.31. The average molecular weight is 192 g/mol. The van der Waals surface area contributed by atoms with Crippen molar-refractivity contribution in [3.63, 3.8) is 0 Å². The molecule has 0 fully saturated rings. The van der Waals surface area contributed by atoms with Gasteiger partial charge in [-0.2, -0.15) is 0 Å². The van der Waals surface area contributed by atoms with E-state index in [-0.39, 0.29) is 0 Å². The molecule has 3 heteroatoms. The second-order valence-corrected chi connectivity index (χ2v) is 4.29. The van der Waals surface area contributed by atoms with E-state index in [1.54, 1.807) is 0 Å². The van der Waals surface area contributed by atoms with Crippen LogP contribution in [0.4, 0.5) is 0 Å². The lowest BCUT2D eigenvalue weighted by atomic mass is 10.4. The Balaban J connectivity index is 2.61. The van der Waals surface area contributed by atoms with Crippen molar-refractivity contribution in [1.29, 1.82) is 0 Å². The third-order valence-corrected chi connectivity index (χ3v) is 2.58. The molecule has 0 radical (unpaired) electrons. The monoisotopic (exact) mass is 192 g/mol. The van der Waals surface area contributed by atoms with E-state index < -0.39 is 0 Å². The first kappa shape index (κ1) is 9.31. The Kier molecular flexibility index (Phi) is 2.10. The molecule has 0 N–H and O–H groups in total. The van der Waals surface area contributed by atoms with E-state index >= 15 is 0 Å². The van der Waals surface area contributed by atoms with Crippen LogP contribution in [0.15, 0.2) is 24.7 Å². The Morgan fingerprint density at radius 1 is 1.14 bits per heavy atom. The maximum Gasteiger partial charge on any atom is 0.307 e. The summed E-state index contributed by atoms with van der Waals surface area (Å²) in [6.45, 7) is 8.79. The van der Waals surface area contributed by atoms with Gasteiger partial charge in [0.25, 0.3) is 0 Å². The van der Waals surface area contributed by atoms with Gasteiger partial charge in [-0.25, -0.2) is 9.25 Å². The maximum absolute atomic E-state index is 2.28. The summed E-state index contributed by atoms with van der Waals surface area (Å²) in [6.07, 6.45) is 6.40. The third-order valence-electron chi connectivity index (χ3n) is 2.58. The van der Waals surface area contributed by atoms with Crippen molar-refractivity contribution in [1.82, 2.24) is 9.20 Å². The Hall–Kier alpha value is -1.25. The normalized spacial score (nSPS) is 12.1. The van der Waals surface area contributed by atoms with Gasteiger partial charge in [0.05, 0.1) is 24.3 Å². The molecule has 0 saturated carbocycles.